The Balaban J connectivity index is 1.74. The molecule has 3 nitrogen and oxygen atoms in total. The number of nitrogens with zero attached hydrogens (tertiary/aromatic N) is 1. The summed E-state index contributed by atoms with van der Waals surface area (Å²) >= 11 is 0. The summed E-state index contributed by atoms with van der Waals surface area (Å²) in [7, 11) is 1.86. The number of amides is 1. The van der Waals surface area contributed by atoms with Crippen molar-refractivity contribution in [2.75, 3.05) is 0 Å². The summed E-state index contributed by atoms with van der Waals surface area (Å²) in [6.45, 7) is -0.321. The van der Waals surface area contributed by atoms with E-state index in [-0.39, 0.29) is 18.5 Å². The number of alkyl halides is 3. The van der Waals surface area contributed by atoms with E-state index in [1.54, 1.807) is 0 Å². The van der Waals surface area contributed by atoms with Crippen molar-refractivity contribution < 1.29 is 22.4 Å². The second-order valence-electron chi connectivity index (χ2n) is 6.04. The fourth-order valence-electron chi connectivity index (χ4n) is 2.96. The molecular formula is C19H16F4N2O. The van der Waals surface area contributed by atoms with E-state index in [4.69, 9.17) is 0 Å². The molecule has 7 heteroatoms. The molecule has 0 fully saturated rings. The van der Waals surface area contributed by atoms with Crippen molar-refractivity contribution in [2.45, 2.75) is 19.1 Å². The van der Waals surface area contributed by atoms with Crippen LogP contribution in [0.4, 0.5) is 17.6 Å². The number of aryl methyl sites for hydroxylation is 1. The van der Waals surface area contributed by atoms with Gasteiger partial charge in [0, 0.05) is 30.7 Å². The van der Waals surface area contributed by atoms with Crippen LogP contribution < -0.4 is 5.32 Å². The number of nitrogens with one attached hydrogen (secondary N) is 1. The number of fused-ring (bicyclic) bond motifs is 1. The minimum atomic E-state index is -4.68. The molecule has 0 aliphatic rings. The van der Waals surface area contributed by atoms with Gasteiger partial charge in [-0.3, -0.25) is 4.79 Å². The maximum absolute atomic E-state index is 13.1. The summed E-state index contributed by atoms with van der Waals surface area (Å²) in [4.78, 5) is 12.2. The number of carbonyl (C=O) groups excluding carboxylic acids is 1. The molecule has 0 atom stereocenters. The van der Waals surface area contributed by atoms with Gasteiger partial charge in [0.1, 0.15) is 5.82 Å². The van der Waals surface area contributed by atoms with E-state index >= 15 is 0 Å². The summed E-state index contributed by atoms with van der Waals surface area (Å²) in [6.07, 6.45) is -2.81. The monoisotopic (exact) mass is 364 g/mol. The van der Waals surface area contributed by atoms with Crippen LogP contribution in [0.3, 0.4) is 0 Å². The predicted octanol–water partition coefficient (Wildman–Crippen LogP) is 4.20. The lowest BCUT2D eigenvalue weighted by Gasteiger charge is -2.13. The molecule has 2 aromatic carbocycles. The molecule has 1 N–H and O–H groups in total. The summed E-state index contributed by atoms with van der Waals surface area (Å²) in [5, 5.41) is 3.40. The number of hydrogen-bond donors (Lipinski definition) is 1. The number of carbonyl (C=O) groups is 1. The molecule has 26 heavy (non-hydrogen) atoms. The lowest BCUT2D eigenvalue weighted by Crippen LogP contribution is -2.26. The highest BCUT2D eigenvalue weighted by Gasteiger charge is 2.33. The number of aromatic nitrogens is 1. The molecule has 0 saturated heterocycles. The van der Waals surface area contributed by atoms with Crippen LogP contribution in [0.25, 0.3) is 10.9 Å². The van der Waals surface area contributed by atoms with Gasteiger partial charge in [-0.05, 0) is 29.3 Å². The standard InChI is InChI=1S/C19H16F4N2O/c1-25-11-13(15-4-2-3-5-17(15)25)8-18(26)24-10-12-6-7-14(20)9-16(12)19(21,22)23/h2-7,9,11H,8,10H2,1H3,(H,24,26). The van der Waals surface area contributed by atoms with Gasteiger partial charge in [-0.1, -0.05) is 24.3 Å². The van der Waals surface area contributed by atoms with E-state index in [0.717, 1.165) is 28.6 Å². The maximum Gasteiger partial charge on any atom is 0.416 e. The SMILES string of the molecule is Cn1cc(CC(=O)NCc2ccc(F)cc2C(F)(F)F)c2ccccc21. The number of para-hydroxylation sites is 1. The maximum atomic E-state index is 13.1. The Morgan fingerprint density at radius 2 is 1.85 bits per heavy atom. The zero-order valence-electron chi connectivity index (χ0n) is 13.9. The van der Waals surface area contributed by atoms with Gasteiger partial charge in [0.15, 0.2) is 0 Å². The third-order valence-corrected chi connectivity index (χ3v) is 4.18. The summed E-state index contributed by atoms with van der Waals surface area (Å²) in [5.74, 6) is -1.37. The summed E-state index contributed by atoms with van der Waals surface area (Å²) in [5.41, 5.74) is 0.497. The van der Waals surface area contributed by atoms with Crippen LogP contribution in [-0.2, 0) is 31.0 Å². The van der Waals surface area contributed by atoms with Gasteiger partial charge >= 0.3 is 6.18 Å². The highest BCUT2D eigenvalue weighted by atomic mass is 19.4. The van der Waals surface area contributed by atoms with Crippen LogP contribution in [0, 0.1) is 5.82 Å². The molecule has 1 aromatic heterocycles. The Labute approximate surface area is 147 Å². The molecule has 0 aliphatic carbocycles. The molecular weight excluding hydrogens is 348 g/mol. The molecule has 1 heterocycles. The molecule has 136 valence electrons. The van der Waals surface area contributed by atoms with Crippen LogP contribution >= 0.6 is 0 Å². The first-order chi connectivity index (χ1) is 12.3. The molecule has 0 radical (unpaired) electrons. The van der Waals surface area contributed by atoms with Gasteiger partial charge in [0.05, 0.1) is 12.0 Å². The Morgan fingerprint density at radius 1 is 1.12 bits per heavy atom. The van der Waals surface area contributed by atoms with E-state index in [0.29, 0.717) is 6.07 Å². The van der Waals surface area contributed by atoms with Crippen molar-refractivity contribution in [2.24, 2.45) is 7.05 Å². The van der Waals surface area contributed by atoms with E-state index in [2.05, 4.69) is 5.32 Å². The summed E-state index contributed by atoms with van der Waals surface area (Å²) < 4.78 is 54.0. The van der Waals surface area contributed by atoms with Crippen LogP contribution in [-0.4, -0.2) is 10.5 Å². The lowest BCUT2D eigenvalue weighted by molar-refractivity contribution is -0.138. The first kappa shape index (κ1) is 18.0. The molecule has 3 aromatic rings. The normalized spacial score (nSPS) is 11.7. The number of halogens is 4. The van der Waals surface area contributed by atoms with Crippen LogP contribution in [0.1, 0.15) is 16.7 Å². The van der Waals surface area contributed by atoms with E-state index in [1.165, 1.54) is 0 Å². The van der Waals surface area contributed by atoms with Gasteiger partial charge in [-0.15, -0.1) is 0 Å². The third kappa shape index (κ3) is 3.71. The van der Waals surface area contributed by atoms with Gasteiger partial charge < -0.3 is 9.88 Å². The molecule has 0 saturated carbocycles. The second-order valence-corrected chi connectivity index (χ2v) is 6.04. The van der Waals surface area contributed by atoms with Crippen molar-refractivity contribution >= 4 is 16.8 Å². The molecule has 3 rings (SSSR count). The molecule has 0 spiro atoms. The number of rotatable bonds is 4. The van der Waals surface area contributed by atoms with Crippen molar-refractivity contribution in [1.82, 2.24) is 9.88 Å². The van der Waals surface area contributed by atoms with Crippen molar-refractivity contribution in [3.8, 4) is 0 Å². The van der Waals surface area contributed by atoms with E-state index in [1.807, 2.05) is 42.1 Å². The second kappa shape index (κ2) is 6.82. The largest absolute Gasteiger partial charge is 0.416 e. The van der Waals surface area contributed by atoms with E-state index in [9.17, 15) is 22.4 Å². The number of hydrogen-bond acceptors (Lipinski definition) is 1. The van der Waals surface area contributed by atoms with Crippen molar-refractivity contribution in [3.63, 3.8) is 0 Å². The zero-order valence-corrected chi connectivity index (χ0v) is 13.9. The first-order valence-corrected chi connectivity index (χ1v) is 7.91. The average molecular weight is 364 g/mol. The van der Waals surface area contributed by atoms with Crippen molar-refractivity contribution in [3.05, 3.63) is 71.2 Å². The molecule has 0 bridgehead atoms. The number of benzene rings is 2. The quantitative estimate of drug-likeness (QED) is 0.692. The lowest BCUT2D eigenvalue weighted by atomic mass is 10.1. The summed E-state index contributed by atoms with van der Waals surface area (Å²) in [6, 6.07) is 9.98. The van der Waals surface area contributed by atoms with Gasteiger partial charge in [0.25, 0.3) is 0 Å². The van der Waals surface area contributed by atoms with E-state index < -0.39 is 23.5 Å². The fraction of sp³-hybridized carbons (Fsp3) is 0.211. The Bertz CT molecular complexity index is 960. The minimum absolute atomic E-state index is 0.0455. The van der Waals surface area contributed by atoms with Crippen LogP contribution in [0.5, 0.6) is 0 Å². The molecule has 0 unspecified atom stereocenters. The average Bonchev–Trinajstić information content (AvgIpc) is 2.89. The van der Waals surface area contributed by atoms with Crippen LogP contribution in [0.15, 0.2) is 48.7 Å². The Kier molecular flexibility index (Phi) is 4.71. The highest BCUT2D eigenvalue weighted by Crippen LogP contribution is 2.32. The zero-order chi connectivity index (χ0) is 18.9. The van der Waals surface area contributed by atoms with Gasteiger partial charge in [0.2, 0.25) is 5.91 Å². The topological polar surface area (TPSA) is 34.0 Å². The Morgan fingerprint density at radius 3 is 2.58 bits per heavy atom. The van der Waals surface area contributed by atoms with Crippen molar-refractivity contribution in [1.29, 1.82) is 0 Å². The van der Waals surface area contributed by atoms with Crippen LogP contribution in [0.2, 0.25) is 0 Å². The fourth-order valence-corrected chi connectivity index (χ4v) is 2.96. The third-order valence-electron chi connectivity index (χ3n) is 4.18. The van der Waals surface area contributed by atoms with Gasteiger partial charge in [-0.2, -0.15) is 13.2 Å². The predicted molar refractivity (Wildman–Crippen MR) is 89.9 cm³/mol. The molecule has 0 aliphatic heterocycles. The highest BCUT2D eigenvalue weighted by molar-refractivity contribution is 5.89. The van der Waals surface area contributed by atoms with Gasteiger partial charge in [-0.25, -0.2) is 4.39 Å². The Hall–Kier alpha value is -2.83. The first-order valence-electron chi connectivity index (χ1n) is 7.91. The smallest absolute Gasteiger partial charge is 0.352 e. The molecule has 1 amide bonds. The minimum Gasteiger partial charge on any atom is -0.352 e.